The van der Waals surface area contributed by atoms with Gasteiger partial charge in [0, 0.05) is 12.7 Å². The van der Waals surface area contributed by atoms with Crippen molar-refractivity contribution in [3.8, 4) is 5.75 Å². The molecule has 0 unspecified atom stereocenters. The average Bonchev–Trinajstić information content (AvgIpc) is 2.27. The molecule has 0 radical (unpaired) electrons. The lowest BCUT2D eigenvalue weighted by molar-refractivity contribution is -0.385. The topological polar surface area (TPSA) is 128 Å². The quantitative estimate of drug-likeness (QED) is 0.498. The zero-order valence-corrected chi connectivity index (χ0v) is 9.33. The summed E-state index contributed by atoms with van der Waals surface area (Å²) in [5.41, 5.74) is 0.608. The molecule has 0 aromatic heterocycles. The number of rotatable bonds is 6. The fourth-order valence-electron chi connectivity index (χ4n) is 1.27. The molecule has 1 rings (SSSR count). The molecule has 0 fully saturated rings. The Kier molecular flexibility index (Phi) is 6.80. The zero-order valence-electron chi connectivity index (χ0n) is 9.33. The lowest BCUT2D eigenvalue weighted by atomic mass is 10.1. The molecule has 0 spiro atoms. The van der Waals surface area contributed by atoms with E-state index in [0.717, 1.165) is 0 Å². The number of aliphatic hydroxyl groups excluding tert-OH is 2. The zero-order chi connectivity index (χ0) is 12.0. The number of nitrogens with zero attached hydrogens (tertiary/aromatic N) is 1. The molecule has 17 heavy (non-hydrogen) atoms. The fourth-order valence-corrected chi connectivity index (χ4v) is 1.27. The van der Waals surface area contributed by atoms with Gasteiger partial charge in [-0.3, -0.25) is 10.1 Å². The van der Waals surface area contributed by atoms with Gasteiger partial charge < -0.3 is 21.1 Å². The molecule has 0 amide bonds. The number of non-ortho nitro benzene ring substituents is 1. The van der Waals surface area contributed by atoms with Crippen LogP contribution < -0.4 is 10.9 Å². The second kappa shape index (κ2) is 7.55. The number of benzene rings is 1. The monoisotopic (exact) mass is 244 g/mol. The van der Waals surface area contributed by atoms with Crippen LogP contribution in [0.3, 0.4) is 0 Å². The Morgan fingerprint density at radius 2 is 2.00 bits per heavy atom. The molecule has 0 saturated carbocycles. The molecule has 0 aliphatic carbocycles. The van der Waals surface area contributed by atoms with Gasteiger partial charge in [0.25, 0.3) is 5.69 Å². The fraction of sp³-hybridized carbons (Fsp3) is 0.400. The van der Waals surface area contributed by atoms with E-state index >= 15 is 0 Å². The summed E-state index contributed by atoms with van der Waals surface area (Å²) in [5, 5.41) is 28.0. The van der Waals surface area contributed by atoms with E-state index in [1.165, 1.54) is 12.1 Å². The third kappa shape index (κ3) is 4.35. The van der Waals surface area contributed by atoms with Crippen LogP contribution in [0.5, 0.6) is 5.75 Å². The highest BCUT2D eigenvalue weighted by Crippen LogP contribution is 2.25. The summed E-state index contributed by atoms with van der Waals surface area (Å²) in [6.07, 6.45) is 0.360. The van der Waals surface area contributed by atoms with Gasteiger partial charge in [0.2, 0.25) is 0 Å². The number of hydrogen-bond acceptors (Lipinski definition) is 6. The number of nitro benzene ring substituents is 1. The number of aliphatic hydroxyl groups is 2. The average molecular weight is 244 g/mol. The maximum Gasteiger partial charge on any atom is 0.273 e. The predicted molar refractivity (Wildman–Crippen MR) is 61.5 cm³/mol. The Morgan fingerprint density at radius 3 is 2.53 bits per heavy atom. The Balaban J connectivity index is 0.00000256. The summed E-state index contributed by atoms with van der Waals surface area (Å²) in [4.78, 5) is 10.0. The maximum absolute atomic E-state index is 10.5. The van der Waals surface area contributed by atoms with E-state index in [1.807, 2.05) is 0 Å². The van der Waals surface area contributed by atoms with Crippen molar-refractivity contribution in [3.05, 3.63) is 33.9 Å². The lowest BCUT2D eigenvalue weighted by Gasteiger charge is -2.09. The molecule has 0 aliphatic heterocycles. The van der Waals surface area contributed by atoms with E-state index < -0.39 is 4.92 Å². The Hall–Kier alpha value is -1.70. The third-order valence-electron chi connectivity index (χ3n) is 1.99. The van der Waals surface area contributed by atoms with Crippen molar-refractivity contribution >= 4 is 5.69 Å². The first-order chi connectivity index (χ1) is 7.69. The van der Waals surface area contributed by atoms with Crippen molar-refractivity contribution in [2.75, 3.05) is 19.8 Å². The van der Waals surface area contributed by atoms with E-state index in [4.69, 9.17) is 14.9 Å². The van der Waals surface area contributed by atoms with Gasteiger partial charge in [-0.25, -0.2) is 0 Å². The first-order valence-corrected chi connectivity index (χ1v) is 4.81. The molecule has 0 heterocycles. The predicted octanol–water partition coefficient (Wildman–Crippen LogP) is 0.663. The number of hydrogen-bond donors (Lipinski definition) is 3. The molecular weight excluding hydrogens is 228 g/mol. The van der Waals surface area contributed by atoms with Crippen molar-refractivity contribution < 1.29 is 19.9 Å². The Morgan fingerprint density at radius 1 is 1.29 bits per heavy atom. The minimum absolute atomic E-state index is 0. The van der Waals surface area contributed by atoms with Crippen molar-refractivity contribution in [1.82, 2.24) is 6.15 Å². The summed E-state index contributed by atoms with van der Waals surface area (Å²) in [7, 11) is 0. The van der Waals surface area contributed by atoms with Crippen molar-refractivity contribution in [2.24, 2.45) is 0 Å². The SMILES string of the molecule is N.O=[N+]([O-])c1ccc(CCO)c(OCCO)c1. The minimum atomic E-state index is -0.519. The molecule has 0 atom stereocenters. The molecule has 0 aliphatic rings. The van der Waals surface area contributed by atoms with Crippen LogP contribution in [0.4, 0.5) is 5.69 Å². The van der Waals surface area contributed by atoms with E-state index in [2.05, 4.69) is 0 Å². The normalized spacial score (nSPS) is 9.53. The van der Waals surface area contributed by atoms with Crippen molar-refractivity contribution in [1.29, 1.82) is 0 Å². The van der Waals surface area contributed by atoms with Gasteiger partial charge in [-0.1, -0.05) is 0 Å². The lowest BCUT2D eigenvalue weighted by Crippen LogP contribution is -2.05. The van der Waals surface area contributed by atoms with Crippen LogP contribution in [-0.2, 0) is 6.42 Å². The Labute approximate surface area is 98.4 Å². The molecule has 96 valence electrons. The van der Waals surface area contributed by atoms with Crippen LogP contribution >= 0.6 is 0 Å². The summed E-state index contributed by atoms with van der Waals surface area (Å²) < 4.78 is 5.16. The Bertz CT molecular complexity index is 370. The third-order valence-corrected chi connectivity index (χ3v) is 1.99. The molecule has 1 aromatic carbocycles. The van der Waals surface area contributed by atoms with Crippen molar-refractivity contribution in [3.63, 3.8) is 0 Å². The van der Waals surface area contributed by atoms with Gasteiger partial charge in [-0.05, 0) is 18.1 Å². The van der Waals surface area contributed by atoms with Crippen LogP contribution in [0.25, 0.3) is 0 Å². The van der Waals surface area contributed by atoms with E-state index in [0.29, 0.717) is 17.7 Å². The maximum atomic E-state index is 10.5. The number of ether oxygens (including phenoxy) is 1. The van der Waals surface area contributed by atoms with Gasteiger partial charge in [0.15, 0.2) is 0 Å². The van der Waals surface area contributed by atoms with Crippen LogP contribution in [0.1, 0.15) is 5.56 Å². The first-order valence-electron chi connectivity index (χ1n) is 4.81. The summed E-state index contributed by atoms with van der Waals surface area (Å²) >= 11 is 0. The highest BCUT2D eigenvalue weighted by Gasteiger charge is 2.11. The molecular formula is C10H16N2O5. The number of nitro groups is 1. The first kappa shape index (κ1) is 15.3. The van der Waals surface area contributed by atoms with Gasteiger partial charge in [0.1, 0.15) is 12.4 Å². The molecule has 0 saturated heterocycles. The van der Waals surface area contributed by atoms with Crippen LogP contribution in [0.15, 0.2) is 18.2 Å². The molecule has 5 N–H and O–H groups in total. The van der Waals surface area contributed by atoms with Gasteiger partial charge >= 0.3 is 0 Å². The molecule has 1 aromatic rings. The van der Waals surface area contributed by atoms with Crippen LogP contribution in [0.2, 0.25) is 0 Å². The van der Waals surface area contributed by atoms with E-state index in [-0.39, 0.29) is 31.7 Å². The second-order valence-electron chi connectivity index (χ2n) is 3.09. The molecule has 7 nitrogen and oxygen atoms in total. The van der Waals surface area contributed by atoms with E-state index in [9.17, 15) is 10.1 Å². The molecule has 7 heteroatoms. The van der Waals surface area contributed by atoms with Gasteiger partial charge in [0.05, 0.1) is 17.6 Å². The second-order valence-corrected chi connectivity index (χ2v) is 3.09. The smallest absolute Gasteiger partial charge is 0.273 e. The highest BCUT2D eigenvalue weighted by atomic mass is 16.6. The van der Waals surface area contributed by atoms with Crippen LogP contribution in [-0.4, -0.2) is 35.0 Å². The van der Waals surface area contributed by atoms with Crippen molar-refractivity contribution in [2.45, 2.75) is 6.42 Å². The molecule has 0 bridgehead atoms. The van der Waals surface area contributed by atoms with Gasteiger partial charge in [-0.2, -0.15) is 0 Å². The highest BCUT2D eigenvalue weighted by molar-refractivity contribution is 5.44. The largest absolute Gasteiger partial charge is 0.491 e. The summed E-state index contributed by atoms with van der Waals surface area (Å²) in [6.45, 7) is -0.159. The summed E-state index contributed by atoms with van der Waals surface area (Å²) in [6, 6.07) is 4.19. The van der Waals surface area contributed by atoms with Crippen LogP contribution in [0, 0.1) is 10.1 Å². The van der Waals surface area contributed by atoms with Gasteiger partial charge in [-0.15, -0.1) is 0 Å². The minimum Gasteiger partial charge on any atom is -0.491 e. The van der Waals surface area contributed by atoms with E-state index in [1.54, 1.807) is 6.07 Å². The summed E-state index contributed by atoms with van der Waals surface area (Å²) in [5.74, 6) is 0.331. The standard InChI is InChI=1S/C10H13NO5.H3N/c12-4-3-8-1-2-9(11(14)15)7-10(8)16-6-5-13;/h1-2,7,12-13H,3-6H2;1H3.